The van der Waals surface area contributed by atoms with Crippen LogP contribution in [0.4, 0.5) is 8.78 Å². The lowest BCUT2D eigenvalue weighted by atomic mass is 10.1. The molecule has 0 unspecified atom stereocenters. The van der Waals surface area contributed by atoms with Crippen LogP contribution in [0.2, 0.25) is 0 Å². The first-order chi connectivity index (χ1) is 10.9. The minimum atomic E-state index is -1.72. The van der Waals surface area contributed by atoms with Gasteiger partial charge in [-0.05, 0) is 19.4 Å². The summed E-state index contributed by atoms with van der Waals surface area (Å²) in [6.45, 7) is 3.31. The van der Waals surface area contributed by atoms with Gasteiger partial charge in [-0.1, -0.05) is 30.3 Å². The predicted octanol–water partition coefficient (Wildman–Crippen LogP) is 4.03. The fraction of sp³-hybridized carbons (Fsp3) is 0.235. The largest absolute Gasteiger partial charge is 0.488 e. The monoisotopic (exact) mass is 322 g/mol. The first-order valence-corrected chi connectivity index (χ1v) is 6.98. The van der Waals surface area contributed by atoms with E-state index in [0.717, 1.165) is 11.6 Å². The first kappa shape index (κ1) is 16.7. The molecule has 0 bridgehead atoms. The zero-order valence-electron chi connectivity index (χ0n) is 12.7. The van der Waals surface area contributed by atoms with E-state index in [0.29, 0.717) is 0 Å². The molecule has 23 heavy (non-hydrogen) atoms. The lowest BCUT2D eigenvalue weighted by molar-refractivity contribution is 0.0682. The van der Waals surface area contributed by atoms with Gasteiger partial charge in [0.15, 0.2) is 23.1 Å². The summed E-state index contributed by atoms with van der Waals surface area (Å²) in [6, 6.07) is 9.96. The second-order valence-electron chi connectivity index (χ2n) is 5.12. The Morgan fingerprint density at radius 3 is 2.30 bits per heavy atom. The van der Waals surface area contributed by atoms with Crippen molar-refractivity contribution < 1.29 is 28.2 Å². The number of halogens is 2. The molecule has 0 spiro atoms. The minimum Gasteiger partial charge on any atom is -0.488 e. The Hall–Kier alpha value is -2.63. The topological polar surface area (TPSA) is 55.8 Å². The molecule has 0 aliphatic carbocycles. The van der Waals surface area contributed by atoms with Gasteiger partial charge >= 0.3 is 5.97 Å². The van der Waals surface area contributed by atoms with E-state index in [-0.39, 0.29) is 18.1 Å². The van der Waals surface area contributed by atoms with Gasteiger partial charge in [-0.25, -0.2) is 13.6 Å². The molecule has 2 aromatic carbocycles. The molecule has 4 nitrogen and oxygen atoms in total. The number of benzene rings is 2. The third-order valence-corrected chi connectivity index (χ3v) is 2.95. The molecule has 122 valence electrons. The van der Waals surface area contributed by atoms with Crippen LogP contribution in [0.3, 0.4) is 0 Å². The summed E-state index contributed by atoms with van der Waals surface area (Å²) in [5, 5.41) is 9.02. The van der Waals surface area contributed by atoms with Crippen LogP contribution in [0.1, 0.15) is 29.8 Å². The SMILES string of the molecule is CC(C)Oc1cc(OCc2ccccc2)c(F)c(C(=O)O)c1F. The molecule has 0 amide bonds. The maximum Gasteiger partial charge on any atom is 0.342 e. The Labute approximate surface area is 132 Å². The molecule has 0 atom stereocenters. The number of aromatic carboxylic acids is 1. The summed E-state index contributed by atoms with van der Waals surface area (Å²) < 4.78 is 38.8. The number of hydrogen-bond donors (Lipinski definition) is 1. The lowest BCUT2D eigenvalue weighted by Gasteiger charge is -2.15. The number of carbonyl (C=O) groups is 1. The van der Waals surface area contributed by atoms with E-state index in [2.05, 4.69) is 0 Å². The van der Waals surface area contributed by atoms with Gasteiger partial charge in [0.25, 0.3) is 0 Å². The number of ether oxygens (including phenoxy) is 2. The van der Waals surface area contributed by atoms with Gasteiger partial charge < -0.3 is 14.6 Å². The molecule has 0 aromatic heterocycles. The van der Waals surface area contributed by atoms with Crippen LogP contribution >= 0.6 is 0 Å². The highest BCUT2D eigenvalue weighted by atomic mass is 19.1. The zero-order valence-corrected chi connectivity index (χ0v) is 12.7. The van der Waals surface area contributed by atoms with E-state index in [1.54, 1.807) is 38.1 Å². The molecule has 2 aromatic rings. The highest BCUT2D eigenvalue weighted by Crippen LogP contribution is 2.32. The standard InChI is InChI=1S/C17H16F2O4/c1-10(2)23-13-8-12(15(18)14(16(13)19)17(20)21)22-9-11-6-4-3-5-7-11/h3-8,10H,9H2,1-2H3,(H,20,21). The third kappa shape index (κ3) is 3.97. The Kier molecular flexibility index (Phi) is 5.16. The summed E-state index contributed by atoms with van der Waals surface area (Å²) in [6.07, 6.45) is -0.404. The van der Waals surface area contributed by atoms with Crippen LogP contribution in [0.25, 0.3) is 0 Å². The molecular weight excluding hydrogens is 306 g/mol. The van der Waals surface area contributed by atoms with Crippen molar-refractivity contribution in [2.75, 3.05) is 0 Å². The van der Waals surface area contributed by atoms with Gasteiger partial charge in [-0.15, -0.1) is 0 Å². The third-order valence-electron chi connectivity index (χ3n) is 2.95. The molecule has 0 radical (unpaired) electrons. The van der Waals surface area contributed by atoms with Gasteiger partial charge in [0, 0.05) is 6.07 Å². The Morgan fingerprint density at radius 1 is 1.13 bits per heavy atom. The molecule has 2 rings (SSSR count). The highest BCUT2D eigenvalue weighted by molar-refractivity contribution is 5.89. The fourth-order valence-electron chi connectivity index (χ4n) is 1.96. The fourth-order valence-corrected chi connectivity index (χ4v) is 1.96. The van der Waals surface area contributed by atoms with Crippen molar-refractivity contribution in [3.05, 3.63) is 59.2 Å². The molecule has 0 aliphatic heterocycles. The highest BCUT2D eigenvalue weighted by Gasteiger charge is 2.26. The van der Waals surface area contributed by atoms with Crippen molar-refractivity contribution in [1.29, 1.82) is 0 Å². The molecule has 6 heteroatoms. The maximum absolute atomic E-state index is 14.2. The van der Waals surface area contributed by atoms with Gasteiger partial charge in [0.05, 0.1) is 6.10 Å². The Balaban J connectivity index is 2.37. The first-order valence-electron chi connectivity index (χ1n) is 6.98. The predicted molar refractivity (Wildman–Crippen MR) is 79.9 cm³/mol. The van der Waals surface area contributed by atoms with Crippen molar-refractivity contribution in [3.63, 3.8) is 0 Å². The molecule has 0 saturated heterocycles. The molecule has 1 N–H and O–H groups in total. The van der Waals surface area contributed by atoms with Crippen LogP contribution < -0.4 is 9.47 Å². The van der Waals surface area contributed by atoms with Crippen molar-refractivity contribution in [2.45, 2.75) is 26.6 Å². The number of carboxylic acids is 1. The number of hydrogen-bond acceptors (Lipinski definition) is 3. The summed E-state index contributed by atoms with van der Waals surface area (Å²) in [4.78, 5) is 11.1. The average molecular weight is 322 g/mol. The molecule has 0 heterocycles. The maximum atomic E-state index is 14.2. The van der Waals surface area contributed by atoms with Gasteiger partial charge in [0.1, 0.15) is 12.2 Å². The van der Waals surface area contributed by atoms with Crippen molar-refractivity contribution in [3.8, 4) is 11.5 Å². The second kappa shape index (κ2) is 7.09. The van der Waals surface area contributed by atoms with E-state index in [1.165, 1.54) is 0 Å². The minimum absolute atomic E-state index is 0.0174. The smallest absolute Gasteiger partial charge is 0.342 e. The number of rotatable bonds is 6. The average Bonchev–Trinajstić information content (AvgIpc) is 2.49. The molecular formula is C17H16F2O4. The van der Waals surface area contributed by atoms with Crippen LogP contribution in [0.5, 0.6) is 11.5 Å². The molecule has 0 saturated carbocycles. The van der Waals surface area contributed by atoms with Crippen LogP contribution in [0, 0.1) is 11.6 Å². The Bertz CT molecular complexity index is 699. The normalized spacial score (nSPS) is 10.7. The zero-order chi connectivity index (χ0) is 17.0. The van der Waals surface area contributed by atoms with E-state index in [1.807, 2.05) is 6.07 Å². The van der Waals surface area contributed by atoms with Crippen molar-refractivity contribution in [1.82, 2.24) is 0 Å². The summed E-state index contributed by atoms with van der Waals surface area (Å²) in [7, 11) is 0. The van der Waals surface area contributed by atoms with Gasteiger partial charge in [0.2, 0.25) is 0 Å². The molecule has 0 aliphatic rings. The van der Waals surface area contributed by atoms with Gasteiger partial charge in [-0.3, -0.25) is 0 Å². The van der Waals surface area contributed by atoms with Crippen LogP contribution in [-0.2, 0) is 6.61 Å². The quantitative estimate of drug-likeness (QED) is 0.872. The van der Waals surface area contributed by atoms with Crippen molar-refractivity contribution in [2.24, 2.45) is 0 Å². The summed E-state index contributed by atoms with van der Waals surface area (Å²) in [5.41, 5.74) is -0.328. The van der Waals surface area contributed by atoms with E-state index in [4.69, 9.17) is 14.6 Å². The van der Waals surface area contributed by atoms with Gasteiger partial charge in [-0.2, -0.15) is 0 Å². The number of carboxylic acid groups (broad SMARTS) is 1. The van der Waals surface area contributed by atoms with E-state index >= 15 is 0 Å². The molecule has 0 fully saturated rings. The van der Waals surface area contributed by atoms with E-state index in [9.17, 15) is 13.6 Å². The van der Waals surface area contributed by atoms with Crippen LogP contribution in [0.15, 0.2) is 36.4 Å². The summed E-state index contributed by atoms with van der Waals surface area (Å²) in [5.74, 6) is -4.97. The lowest BCUT2D eigenvalue weighted by Crippen LogP contribution is -2.13. The van der Waals surface area contributed by atoms with Crippen molar-refractivity contribution >= 4 is 5.97 Å². The van der Waals surface area contributed by atoms with E-state index < -0.39 is 29.3 Å². The second-order valence-corrected chi connectivity index (χ2v) is 5.12. The summed E-state index contributed by atoms with van der Waals surface area (Å²) >= 11 is 0. The van der Waals surface area contributed by atoms with Crippen LogP contribution in [-0.4, -0.2) is 17.2 Å². The Morgan fingerprint density at radius 2 is 1.74 bits per heavy atom.